The van der Waals surface area contributed by atoms with Crippen molar-refractivity contribution in [3.8, 4) is 0 Å². The minimum Gasteiger partial charge on any atom is -0.373 e. The molecule has 0 radical (unpaired) electrons. The fourth-order valence-electron chi connectivity index (χ4n) is 2.69. The molecule has 116 valence electrons. The molecule has 0 bridgehead atoms. The molecule has 1 aliphatic rings. The SMILES string of the molecule is Cc1ncsc1CCN(C)C(=O)[C@@H]1Cc2cc(Cl)ccc2N1. The van der Waals surface area contributed by atoms with E-state index in [9.17, 15) is 4.79 Å². The number of halogens is 1. The average Bonchev–Trinajstić information content (AvgIpc) is 3.09. The van der Waals surface area contributed by atoms with Crippen molar-refractivity contribution in [2.75, 3.05) is 18.9 Å². The summed E-state index contributed by atoms with van der Waals surface area (Å²) < 4.78 is 0. The highest BCUT2D eigenvalue weighted by atomic mass is 35.5. The number of thiazole rings is 1. The highest BCUT2D eigenvalue weighted by Crippen LogP contribution is 2.29. The van der Waals surface area contributed by atoms with Gasteiger partial charge in [0.15, 0.2) is 0 Å². The van der Waals surface area contributed by atoms with Crippen LogP contribution in [0.25, 0.3) is 0 Å². The van der Waals surface area contributed by atoms with Crippen molar-refractivity contribution >= 4 is 34.5 Å². The van der Waals surface area contributed by atoms with E-state index < -0.39 is 0 Å². The van der Waals surface area contributed by atoms with Gasteiger partial charge in [-0.15, -0.1) is 11.3 Å². The van der Waals surface area contributed by atoms with Crippen molar-refractivity contribution in [3.05, 3.63) is 44.9 Å². The van der Waals surface area contributed by atoms with Gasteiger partial charge in [-0.25, -0.2) is 4.98 Å². The molecule has 1 aromatic heterocycles. The molecule has 1 amide bonds. The first-order valence-corrected chi connectivity index (χ1v) is 8.49. The second kappa shape index (κ2) is 6.26. The first-order valence-electron chi connectivity index (χ1n) is 7.23. The Hall–Kier alpha value is -1.59. The van der Waals surface area contributed by atoms with Crippen LogP contribution in [0.3, 0.4) is 0 Å². The molecule has 2 heterocycles. The van der Waals surface area contributed by atoms with Gasteiger partial charge in [0.25, 0.3) is 0 Å². The molecule has 0 saturated heterocycles. The van der Waals surface area contributed by atoms with E-state index in [0.29, 0.717) is 18.0 Å². The minimum absolute atomic E-state index is 0.120. The van der Waals surface area contributed by atoms with E-state index in [1.54, 1.807) is 16.2 Å². The van der Waals surface area contributed by atoms with Crippen molar-refractivity contribution in [2.45, 2.75) is 25.8 Å². The molecule has 1 atom stereocenters. The van der Waals surface area contributed by atoms with Crippen molar-refractivity contribution in [3.63, 3.8) is 0 Å². The van der Waals surface area contributed by atoms with E-state index in [4.69, 9.17) is 11.6 Å². The van der Waals surface area contributed by atoms with Crippen LogP contribution in [-0.4, -0.2) is 35.4 Å². The molecular formula is C16H18ClN3OS. The van der Waals surface area contributed by atoms with Crippen molar-refractivity contribution in [2.24, 2.45) is 0 Å². The Bertz CT molecular complexity index is 700. The molecule has 3 rings (SSSR count). The summed E-state index contributed by atoms with van der Waals surface area (Å²) in [6.07, 6.45) is 1.54. The maximum atomic E-state index is 12.6. The Morgan fingerprint density at radius 1 is 1.55 bits per heavy atom. The van der Waals surface area contributed by atoms with Crippen LogP contribution in [0.15, 0.2) is 23.7 Å². The largest absolute Gasteiger partial charge is 0.373 e. The van der Waals surface area contributed by atoms with E-state index in [2.05, 4.69) is 10.3 Å². The van der Waals surface area contributed by atoms with Crippen LogP contribution in [0.2, 0.25) is 5.02 Å². The predicted molar refractivity (Wildman–Crippen MR) is 90.8 cm³/mol. The summed E-state index contributed by atoms with van der Waals surface area (Å²) >= 11 is 7.65. The zero-order valence-electron chi connectivity index (χ0n) is 12.6. The summed E-state index contributed by atoms with van der Waals surface area (Å²) in [4.78, 5) is 19.8. The summed E-state index contributed by atoms with van der Waals surface area (Å²) in [7, 11) is 1.86. The fraction of sp³-hybridized carbons (Fsp3) is 0.375. The Morgan fingerprint density at radius 3 is 3.09 bits per heavy atom. The molecule has 4 nitrogen and oxygen atoms in total. The molecule has 1 aliphatic heterocycles. The lowest BCUT2D eigenvalue weighted by atomic mass is 10.1. The van der Waals surface area contributed by atoms with Crippen LogP contribution in [0.4, 0.5) is 5.69 Å². The lowest BCUT2D eigenvalue weighted by molar-refractivity contribution is -0.130. The van der Waals surface area contributed by atoms with Crippen LogP contribution in [-0.2, 0) is 17.6 Å². The van der Waals surface area contributed by atoms with E-state index in [1.165, 1.54) is 4.88 Å². The van der Waals surface area contributed by atoms with Gasteiger partial charge in [0.1, 0.15) is 6.04 Å². The quantitative estimate of drug-likeness (QED) is 0.933. The molecular weight excluding hydrogens is 318 g/mol. The zero-order chi connectivity index (χ0) is 15.7. The standard InChI is InChI=1S/C16H18ClN3OS/c1-10-15(22-9-18-10)5-6-20(2)16(21)14-8-11-7-12(17)3-4-13(11)19-14/h3-4,7,9,14,19H,5-6,8H2,1-2H3/t14-/m0/s1. The highest BCUT2D eigenvalue weighted by Gasteiger charge is 2.28. The molecule has 0 fully saturated rings. The van der Waals surface area contributed by atoms with Gasteiger partial charge in [-0.2, -0.15) is 0 Å². The summed E-state index contributed by atoms with van der Waals surface area (Å²) in [5.74, 6) is 0.120. The Balaban J connectivity index is 1.59. The normalized spacial score (nSPS) is 16.2. The highest BCUT2D eigenvalue weighted by molar-refractivity contribution is 7.09. The molecule has 0 aliphatic carbocycles. The zero-order valence-corrected chi connectivity index (χ0v) is 14.2. The number of carbonyl (C=O) groups excluding carboxylic acids is 1. The molecule has 1 N–H and O–H groups in total. The molecule has 6 heteroatoms. The monoisotopic (exact) mass is 335 g/mol. The average molecular weight is 336 g/mol. The maximum Gasteiger partial charge on any atom is 0.245 e. The number of aromatic nitrogens is 1. The number of hydrogen-bond donors (Lipinski definition) is 1. The lowest BCUT2D eigenvalue weighted by Crippen LogP contribution is -2.40. The lowest BCUT2D eigenvalue weighted by Gasteiger charge is -2.21. The molecule has 2 aromatic rings. The Morgan fingerprint density at radius 2 is 2.36 bits per heavy atom. The van der Waals surface area contributed by atoms with Gasteiger partial charge in [-0.3, -0.25) is 4.79 Å². The smallest absolute Gasteiger partial charge is 0.245 e. The Labute approximate surface area is 139 Å². The third-order valence-electron chi connectivity index (χ3n) is 4.01. The number of benzene rings is 1. The number of aryl methyl sites for hydroxylation is 1. The molecule has 0 spiro atoms. The van der Waals surface area contributed by atoms with Gasteiger partial charge in [0.2, 0.25) is 5.91 Å². The van der Waals surface area contributed by atoms with E-state index >= 15 is 0 Å². The minimum atomic E-state index is -0.193. The van der Waals surface area contributed by atoms with Crippen LogP contribution in [0.1, 0.15) is 16.1 Å². The van der Waals surface area contributed by atoms with Gasteiger partial charge in [-0.05, 0) is 30.7 Å². The number of nitrogens with one attached hydrogen (secondary N) is 1. The maximum absolute atomic E-state index is 12.6. The summed E-state index contributed by atoms with van der Waals surface area (Å²) in [5.41, 5.74) is 5.03. The fourth-order valence-corrected chi connectivity index (χ4v) is 3.66. The molecule has 22 heavy (non-hydrogen) atoms. The number of hydrogen-bond acceptors (Lipinski definition) is 4. The van der Waals surface area contributed by atoms with Crippen molar-refractivity contribution < 1.29 is 4.79 Å². The number of rotatable bonds is 4. The van der Waals surface area contributed by atoms with Crippen LogP contribution < -0.4 is 5.32 Å². The number of anilines is 1. The first-order chi connectivity index (χ1) is 10.5. The summed E-state index contributed by atoms with van der Waals surface area (Å²) in [6, 6.07) is 5.51. The predicted octanol–water partition coefficient (Wildman–Crippen LogP) is 3.14. The summed E-state index contributed by atoms with van der Waals surface area (Å²) in [5, 5.41) is 4.00. The number of nitrogens with zero attached hydrogens (tertiary/aromatic N) is 2. The van der Waals surface area contributed by atoms with E-state index in [0.717, 1.165) is 23.4 Å². The molecule has 1 aromatic carbocycles. The molecule has 0 unspecified atom stereocenters. The Kier molecular flexibility index (Phi) is 4.36. The van der Waals surface area contributed by atoms with Crippen LogP contribution in [0.5, 0.6) is 0 Å². The van der Waals surface area contributed by atoms with Gasteiger partial charge in [0, 0.05) is 42.0 Å². The third kappa shape index (κ3) is 3.10. The second-order valence-corrected chi connectivity index (χ2v) is 6.95. The van der Waals surface area contributed by atoms with Gasteiger partial charge < -0.3 is 10.2 Å². The van der Waals surface area contributed by atoms with Crippen LogP contribution >= 0.6 is 22.9 Å². The van der Waals surface area contributed by atoms with Gasteiger partial charge in [-0.1, -0.05) is 11.6 Å². The first kappa shape index (κ1) is 15.3. The number of amides is 1. The number of carbonyl (C=O) groups is 1. The number of fused-ring (bicyclic) bond motifs is 1. The van der Waals surface area contributed by atoms with Gasteiger partial charge in [0.05, 0.1) is 11.2 Å². The van der Waals surface area contributed by atoms with E-state index in [-0.39, 0.29) is 11.9 Å². The van der Waals surface area contributed by atoms with Crippen molar-refractivity contribution in [1.82, 2.24) is 9.88 Å². The van der Waals surface area contributed by atoms with Crippen molar-refractivity contribution in [1.29, 1.82) is 0 Å². The third-order valence-corrected chi connectivity index (χ3v) is 5.24. The topological polar surface area (TPSA) is 45.2 Å². The summed E-state index contributed by atoms with van der Waals surface area (Å²) in [6.45, 7) is 2.71. The van der Waals surface area contributed by atoms with E-state index in [1.807, 2.05) is 37.7 Å². The van der Waals surface area contributed by atoms with Crippen LogP contribution in [0, 0.1) is 6.92 Å². The second-order valence-electron chi connectivity index (χ2n) is 5.57. The van der Waals surface area contributed by atoms with Gasteiger partial charge >= 0.3 is 0 Å². The number of likely N-dealkylation sites (N-methyl/N-ethyl adjacent to an activating group) is 1. The molecule has 0 saturated carbocycles.